The van der Waals surface area contributed by atoms with Crippen LogP contribution in [0.25, 0.3) is 0 Å². The summed E-state index contributed by atoms with van der Waals surface area (Å²) in [5.74, 6) is 1.59. The average molecular weight is 111 g/mol. The molecule has 0 atom stereocenters. The van der Waals surface area contributed by atoms with Gasteiger partial charge in [-0.15, -0.1) is 0 Å². The lowest BCUT2D eigenvalue weighted by Gasteiger charge is -1.78. The zero-order valence-electron chi connectivity index (χ0n) is 4.47. The fourth-order valence-electron chi connectivity index (χ4n) is 0.183. The molecule has 0 saturated heterocycles. The van der Waals surface area contributed by atoms with Crippen LogP contribution < -0.4 is 0 Å². The number of isocyanates is 1. The maximum atomic E-state index is 9.66. The fourth-order valence-corrected chi connectivity index (χ4v) is 0.183. The molecule has 0 spiro atoms. The molecule has 0 aromatic carbocycles. The Morgan fingerprint density at radius 1 is 1.62 bits per heavy atom. The van der Waals surface area contributed by atoms with Crippen LogP contribution in [0.3, 0.4) is 0 Å². The van der Waals surface area contributed by atoms with Crippen LogP contribution in [0.4, 0.5) is 0 Å². The number of hydrogen-bond acceptors (Lipinski definition) is 3. The van der Waals surface area contributed by atoms with E-state index in [4.69, 9.17) is 0 Å². The number of hydrogen-bond donors (Lipinski definition) is 0. The lowest BCUT2D eigenvalue weighted by molar-refractivity contribution is 0.563. The molecule has 0 saturated carbocycles. The predicted molar refractivity (Wildman–Crippen MR) is 27.9 cm³/mol. The van der Waals surface area contributed by atoms with Crippen LogP contribution in [0.1, 0.15) is 6.92 Å². The summed E-state index contributed by atoms with van der Waals surface area (Å²) in [4.78, 5) is 22.2. The van der Waals surface area contributed by atoms with E-state index in [-0.39, 0.29) is 6.54 Å². The molecule has 0 N–H and O–H groups in total. The van der Waals surface area contributed by atoms with Gasteiger partial charge in [-0.2, -0.15) is 0 Å². The normalized spacial score (nSPS) is 6.62. The second-order valence-corrected chi connectivity index (χ2v) is 1.29. The zero-order chi connectivity index (χ0) is 6.41. The number of nitrogens with zero attached hydrogens (tertiary/aromatic N) is 1. The number of aliphatic imine (C=N–C) groups is 1. The van der Waals surface area contributed by atoms with Crippen molar-refractivity contribution in [2.45, 2.75) is 6.92 Å². The van der Waals surface area contributed by atoms with Crippen molar-refractivity contribution in [1.29, 1.82) is 0 Å². The van der Waals surface area contributed by atoms with Gasteiger partial charge in [-0.1, -0.05) is 0 Å². The fraction of sp³-hybridized carbons (Fsp3) is 0.400. The van der Waals surface area contributed by atoms with Crippen molar-refractivity contribution in [1.82, 2.24) is 0 Å². The first-order valence-electron chi connectivity index (χ1n) is 2.05. The van der Waals surface area contributed by atoms with Gasteiger partial charge in [0.2, 0.25) is 6.08 Å². The SMILES string of the molecule is CC(=C=O)CN=C=O. The van der Waals surface area contributed by atoms with Gasteiger partial charge in [0.1, 0.15) is 5.94 Å². The minimum absolute atomic E-state index is 0.118. The first-order chi connectivity index (χ1) is 3.81. The molecule has 0 aliphatic carbocycles. The van der Waals surface area contributed by atoms with Gasteiger partial charge in [-0.3, -0.25) is 0 Å². The molecule has 0 amide bonds. The number of carbonyl (C=O) groups excluding carboxylic acids is 2. The van der Waals surface area contributed by atoms with E-state index in [1.807, 2.05) is 0 Å². The van der Waals surface area contributed by atoms with E-state index in [9.17, 15) is 9.59 Å². The van der Waals surface area contributed by atoms with Crippen LogP contribution in [-0.4, -0.2) is 18.6 Å². The molecule has 3 nitrogen and oxygen atoms in total. The lowest BCUT2D eigenvalue weighted by Crippen LogP contribution is -1.80. The van der Waals surface area contributed by atoms with Crippen LogP contribution >= 0.6 is 0 Å². The summed E-state index contributed by atoms with van der Waals surface area (Å²) >= 11 is 0. The third-order valence-corrected chi connectivity index (χ3v) is 0.555. The highest BCUT2D eigenvalue weighted by atomic mass is 16.1. The van der Waals surface area contributed by atoms with E-state index >= 15 is 0 Å². The quantitative estimate of drug-likeness (QED) is 0.288. The summed E-state index contributed by atoms with van der Waals surface area (Å²) < 4.78 is 0. The molecule has 0 aromatic rings. The average Bonchev–Trinajstić information content (AvgIpc) is 1.83. The van der Waals surface area contributed by atoms with Crippen molar-refractivity contribution >= 4 is 12.0 Å². The molecule has 8 heavy (non-hydrogen) atoms. The molecule has 0 radical (unpaired) electrons. The first kappa shape index (κ1) is 6.83. The van der Waals surface area contributed by atoms with Gasteiger partial charge in [-0.05, 0) is 6.92 Å². The Kier molecular flexibility index (Phi) is 3.42. The molecule has 0 unspecified atom stereocenters. The minimum Gasteiger partial charge on any atom is -0.233 e. The maximum absolute atomic E-state index is 9.66. The van der Waals surface area contributed by atoms with Gasteiger partial charge in [0, 0.05) is 5.57 Å². The molecule has 0 bridgehead atoms. The van der Waals surface area contributed by atoms with Crippen LogP contribution in [0.5, 0.6) is 0 Å². The van der Waals surface area contributed by atoms with Crippen molar-refractivity contribution in [2.24, 2.45) is 4.99 Å². The van der Waals surface area contributed by atoms with E-state index in [1.165, 1.54) is 6.08 Å². The summed E-state index contributed by atoms with van der Waals surface area (Å²) in [5, 5.41) is 0. The van der Waals surface area contributed by atoms with Crippen LogP contribution in [0, 0.1) is 0 Å². The van der Waals surface area contributed by atoms with E-state index in [2.05, 4.69) is 4.99 Å². The van der Waals surface area contributed by atoms with Gasteiger partial charge in [0.05, 0.1) is 6.54 Å². The second-order valence-electron chi connectivity index (χ2n) is 1.29. The minimum atomic E-state index is 0.118. The van der Waals surface area contributed by atoms with Gasteiger partial charge in [0.15, 0.2) is 0 Å². The Morgan fingerprint density at radius 3 is 2.62 bits per heavy atom. The second kappa shape index (κ2) is 4.00. The Balaban J connectivity index is 3.73. The molecule has 0 fully saturated rings. The smallest absolute Gasteiger partial charge is 0.233 e. The molecule has 0 aromatic heterocycles. The van der Waals surface area contributed by atoms with Gasteiger partial charge in [0.25, 0.3) is 0 Å². The monoisotopic (exact) mass is 111 g/mol. The van der Waals surface area contributed by atoms with E-state index in [0.29, 0.717) is 5.57 Å². The highest BCUT2D eigenvalue weighted by molar-refractivity contribution is 5.52. The lowest BCUT2D eigenvalue weighted by atomic mass is 10.4. The molecule has 42 valence electrons. The largest absolute Gasteiger partial charge is 0.235 e. The Labute approximate surface area is 46.7 Å². The van der Waals surface area contributed by atoms with Crippen LogP contribution in [-0.2, 0) is 9.59 Å². The molecule has 0 rings (SSSR count). The van der Waals surface area contributed by atoms with Crippen molar-refractivity contribution in [3.63, 3.8) is 0 Å². The Bertz CT molecular complexity index is 161. The summed E-state index contributed by atoms with van der Waals surface area (Å²) in [6.07, 6.45) is 1.31. The van der Waals surface area contributed by atoms with E-state index in [1.54, 1.807) is 12.9 Å². The topological polar surface area (TPSA) is 46.5 Å². The summed E-state index contributed by atoms with van der Waals surface area (Å²) in [5.41, 5.74) is 0.411. The van der Waals surface area contributed by atoms with Crippen LogP contribution in [0.15, 0.2) is 10.6 Å². The van der Waals surface area contributed by atoms with Gasteiger partial charge < -0.3 is 0 Å². The Hall–Kier alpha value is -1.17. The predicted octanol–water partition coefficient (Wildman–Crippen LogP) is 0.100. The highest BCUT2D eigenvalue weighted by Gasteiger charge is 1.82. The van der Waals surface area contributed by atoms with Crippen molar-refractivity contribution in [3.05, 3.63) is 5.57 Å². The van der Waals surface area contributed by atoms with E-state index < -0.39 is 0 Å². The first-order valence-corrected chi connectivity index (χ1v) is 2.05. The molecule has 0 heterocycles. The van der Waals surface area contributed by atoms with Crippen molar-refractivity contribution in [2.75, 3.05) is 6.54 Å². The summed E-state index contributed by atoms with van der Waals surface area (Å²) in [6, 6.07) is 0. The van der Waals surface area contributed by atoms with Crippen LogP contribution in [0.2, 0.25) is 0 Å². The Morgan fingerprint density at radius 2 is 2.25 bits per heavy atom. The third kappa shape index (κ3) is 3.04. The highest BCUT2D eigenvalue weighted by Crippen LogP contribution is 1.81. The van der Waals surface area contributed by atoms with Gasteiger partial charge in [-0.25, -0.2) is 14.6 Å². The molecule has 0 aliphatic heterocycles. The van der Waals surface area contributed by atoms with E-state index in [0.717, 1.165) is 0 Å². The maximum Gasteiger partial charge on any atom is 0.235 e. The summed E-state index contributed by atoms with van der Waals surface area (Å²) in [7, 11) is 0. The molecular weight excluding hydrogens is 106 g/mol. The molecule has 3 heteroatoms. The standard InChI is InChI=1S/C5H5NO2/c1-5(3-7)2-6-4-8/h2H2,1H3. The zero-order valence-corrected chi connectivity index (χ0v) is 4.47. The third-order valence-electron chi connectivity index (χ3n) is 0.555. The summed E-state index contributed by atoms with van der Waals surface area (Å²) in [6.45, 7) is 1.67. The van der Waals surface area contributed by atoms with Gasteiger partial charge >= 0.3 is 0 Å². The molecule has 0 aliphatic rings. The van der Waals surface area contributed by atoms with Crippen molar-refractivity contribution < 1.29 is 9.59 Å². The number of rotatable bonds is 2. The molecular formula is C5H5NO2. The van der Waals surface area contributed by atoms with Crippen molar-refractivity contribution in [3.8, 4) is 0 Å².